The summed E-state index contributed by atoms with van der Waals surface area (Å²) in [5, 5.41) is 25.4. The average molecular weight is 469 g/mol. The molecule has 4 heterocycles. The first-order chi connectivity index (χ1) is 17.0. The van der Waals surface area contributed by atoms with Gasteiger partial charge in [-0.1, -0.05) is 48.5 Å². The van der Waals surface area contributed by atoms with Crippen molar-refractivity contribution in [1.29, 1.82) is 0 Å². The van der Waals surface area contributed by atoms with Crippen LogP contribution in [0.3, 0.4) is 0 Å². The van der Waals surface area contributed by atoms with Crippen LogP contribution in [0.4, 0.5) is 5.82 Å². The van der Waals surface area contributed by atoms with Gasteiger partial charge in [-0.15, -0.1) is 0 Å². The second-order valence-corrected chi connectivity index (χ2v) is 9.64. The molecule has 2 aromatic carbocycles. The van der Waals surface area contributed by atoms with E-state index in [9.17, 15) is 15.0 Å². The third-order valence-electron chi connectivity index (χ3n) is 7.52. The Labute approximate surface area is 203 Å². The Hall–Kier alpha value is -3.71. The van der Waals surface area contributed by atoms with Gasteiger partial charge in [0.1, 0.15) is 5.82 Å². The zero-order valence-corrected chi connectivity index (χ0v) is 19.6. The summed E-state index contributed by atoms with van der Waals surface area (Å²) in [5.74, 6) is -0.595. The fourth-order valence-corrected chi connectivity index (χ4v) is 5.90. The van der Waals surface area contributed by atoms with E-state index in [1.807, 2.05) is 36.4 Å². The van der Waals surface area contributed by atoms with Gasteiger partial charge in [0.2, 0.25) is 0 Å². The van der Waals surface area contributed by atoms with E-state index < -0.39 is 12.1 Å². The zero-order chi connectivity index (χ0) is 24.1. The number of aryl methyl sites for hydroxylation is 1. The summed E-state index contributed by atoms with van der Waals surface area (Å²) < 4.78 is 1.76. The maximum atomic E-state index is 11.9. The van der Waals surface area contributed by atoms with Gasteiger partial charge in [-0.2, -0.15) is 9.61 Å². The van der Waals surface area contributed by atoms with Crippen molar-refractivity contribution < 1.29 is 15.0 Å². The number of fused-ring (bicyclic) bond motifs is 3. The van der Waals surface area contributed by atoms with Crippen LogP contribution in [-0.2, 0) is 4.79 Å². The third-order valence-corrected chi connectivity index (χ3v) is 7.52. The van der Waals surface area contributed by atoms with E-state index >= 15 is 0 Å². The molecule has 0 spiro atoms. The molecule has 3 unspecified atom stereocenters. The maximum absolute atomic E-state index is 11.9. The highest BCUT2D eigenvalue weighted by Gasteiger charge is 2.41. The number of aliphatic carboxylic acids is 1. The van der Waals surface area contributed by atoms with Crippen LogP contribution in [0, 0.1) is 6.92 Å². The first kappa shape index (κ1) is 21.8. The predicted octanol–water partition coefficient (Wildman–Crippen LogP) is 5.01. The molecular weight excluding hydrogens is 440 g/mol. The SMILES string of the molecule is Cc1nc2cc(-c3cccc(-c4ccccc4)c3)nn2c(N2C3CCCC2CC3)c1C(O)C(=O)O. The maximum Gasteiger partial charge on any atom is 0.337 e. The molecule has 2 N–H and O–H groups in total. The number of carboxylic acid groups (broad SMARTS) is 1. The Morgan fingerprint density at radius 3 is 2.34 bits per heavy atom. The molecule has 2 saturated heterocycles. The molecule has 6 rings (SSSR count). The van der Waals surface area contributed by atoms with E-state index in [2.05, 4.69) is 34.1 Å². The lowest BCUT2D eigenvalue weighted by Crippen LogP contribution is -2.42. The monoisotopic (exact) mass is 468 g/mol. The van der Waals surface area contributed by atoms with Gasteiger partial charge in [-0.3, -0.25) is 0 Å². The summed E-state index contributed by atoms with van der Waals surface area (Å²) in [7, 11) is 0. The Morgan fingerprint density at radius 1 is 0.943 bits per heavy atom. The van der Waals surface area contributed by atoms with Crippen molar-refractivity contribution in [3.63, 3.8) is 0 Å². The van der Waals surface area contributed by atoms with Gasteiger partial charge in [-0.05, 0) is 56.2 Å². The van der Waals surface area contributed by atoms with Crippen LogP contribution in [0.1, 0.15) is 49.5 Å². The van der Waals surface area contributed by atoms with Crippen LogP contribution in [0.15, 0.2) is 60.7 Å². The molecular formula is C28H28N4O3. The number of aliphatic hydroxyl groups is 1. The van der Waals surface area contributed by atoms with Gasteiger partial charge in [0.05, 0.1) is 11.3 Å². The van der Waals surface area contributed by atoms with Crippen LogP contribution in [-0.4, -0.2) is 42.9 Å². The lowest BCUT2D eigenvalue weighted by atomic mass is 10.00. The van der Waals surface area contributed by atoms with Crippen molar-refractivity contribution in [2.45, 2.75) is 57.2 Å². The molecule has 0 aliphatic carbocycles. The molecule has 0 saturated carbocycles. The minimum absolute atomic E-state index is 0.326. The normalized spacial score (nSPS) is 20.3. The first-order valence-electron chi connectivity index (χ1n) is 12.3. The molecule has 35 heavy (non-hydrogen) atoms. The number of benzene rings is 2. The number of hydrogen-bond donors (Lipinski definition) is 2. The van der Waals surface area contributed by atoms with Crippen molar-refractivity contribution in [3.05, 3.63) is 71.9 Å². The van der Waals surface area contributed by atoms with Crippen molar-refractivity contribution in [2.24, 2.45) is 0 Å². The number of nitrogens with zero attached hydrogens (tertiary/aromatic N) is 4. The molecule has 2 fully saturated rings. The number of piperidine rings is 1. The number of rotatable bonds is 5. The highest BCUT2D eigenvalue weighted by atomic mass is 16.4. The van der Waals surface area contributed by atoms with Gasteiger partial charge in [0.25, 0.3) is 0 Å². The summed E-state index contributed by atoms with van der Waals surface area (Å²) in [6, 6.07) is 21.0. The zero-order valence-electron chi connectivity index (χ0n) is 19.6. The van der Waals surface area contributed by atoms with Crippen LogP contribution < -0.4 is 4.90 Å². The summed E-state index contributed by atoms with van der Waals surface area (Å²) in [6.45, 7) is 1.78. The molecule has 4 aromatic rings. The summed E-state index contributed by atoms with van der Waals surface area (Å²) in [6.07, 6.45) is 3.79. The van der Waals surface area contributed by atoms with Crippen molar-refractivity contribution in [1.82, 2.24) is 14.6 Å². The quantitative estimate of drug-likeness (QED) is 0.428. The number of hydrogen-bond acceptors (Lipinski definition) is 5. The van der Waals surface area contributed by atoms with E-state index in [4.69, 9.17) is 5.10 Å². The highest BCUT2D eigenvalue weighted by molar-refractivity contribution is 5.79. The van der Waals surface area contributed by atoms with Gasteiger partial charge < -0.3 is 15.1 Å². The number of aromatic nitrogens is 3. The number of carboxylic acids is 1. The van der Waals surface area contributed by atoms with Gasteiger partial charge in [0.15, 0.2) is 11.8 Å². The third kappa shape index (κ3) is 3.67. The second kappa shape index (κ2) is 8.50. The Bertz CT molecular complexity index is 1400. The Balaban J connectivity index is 1.54. The van der Waals surface area contributed by atoms with Crippen LogP contribution in [0.5, 0.6) is 0 Å². The van der Waals surface area contributed by atoms with Crippen molar-refractivity contribution in [3.8, 4) is 22.4 Å². The van der Waals surface area contributed by atoms with Gasteiger partial charge in [0, 0.05) is 29.4 Å². The van der Waals surface area contributed by atoms with E-state index in [1.54, 1.807) is 11.4 Å². The molecule has 2 aliphatic heterocycles. The minimum atomic E-state index is -1.66. The molecule has 2 bridgehead atoms. The van der Waals surface area contributed by atoms with E-state index in [1.165, 1.54) is 6.42 Å². The number of aliphatic hydroxyl groups excluding tert-OH is 1. The molecule has 0 amide bonds. The molecule has 2 aromatic heterocycles. The van der Waals surface area contributed by atoms with E-state index in [-0.39, 0.29) is 0 Å². The molecule has 3 atom stereocenters. The second-order valence-electron chi connectivity index (χ2n) is 9.64. The smallest absolute Gasteiger partial charge is 0.337 e. The molecule has 2 aliphatic rings. The van der Waals surface area contributed by atoms with Crippen molar-refractivity contribution >= 4 is 17.4 Å². The van der Waals surface area contributed by atoms with Crippen LogP contribution in [0.25, 0.3) is 28.0 Å². The fraction of sp³-hybridized carbons (Fsp3) is 0.321. The van der Waals surface area contributed by atoms with Gasteiger partial charge in [-0.25, -0.2) is 9.78 Å². The summed E-state index contributed by atoms with van der Waals surface area (Å²) in [4.78, 5) is 18.9. The molecule has 7 nitrogen and oxygen atoms in total. The number of carbonyl (C=O) groups is 1. The van der Waals surface area contributed by atoms with Crippen molar-refractivity contribution in [2.75, 3.05) is 4.90 Å². The highest BCUT2D eigenvalue weighted by Crippen LogP contribution is 2.43. The summed E-state index contributed by atoms with van der Waals surface area (Å²) in [5.41, 5.74) is 5.48. The molecule has 0 radical (unpaired) electrons. The van der Waals surface area contributed by atoms with Crippen LogP contribution >= 0.6 is 0 Å². The fourth-order valence-electron chi connectivity index (χ4n) is 5.90. The first-order valence-corrected chi connectivity index (χ1v) is 12.3. The standard InChI is InChI=1S/C28H28N4O3/c1-17-25(26(33)28(34)35)27(31-21-11-6-12-22(31)14-13-21)32-24(29-17)16-23(30-32)20-10-5-9-19(15-20)18-7-3-2-4-8-18/h2-5,7-10,15-16,21-22,26,33H,6,11-14H2,1H3,(H,34,35). The largest absolute Gasteiger partial charge is 0.479 e. The topological polar surface area (TPSA) is 91.0 Å². The lowest BCUT2D eigenvalue weighted by molar-refractivity contribution is -0.147. The summed E-state index contributed by atoms with van der Waals surface area (Å²) >= 11 is 0. The minimum Gasteiger partial charge on any atom is -0.479 e. The predicted molar refractivity (Wildman–Crippen MR) is 134 cm³/mol. The Morgan fingerprint density at radius 2 is 1.63 bits per heavy atom. The van der Waals surface area contributed by atoms with Crippen LogP contribution in [0.2, 0.25) is 0 Å². The lowest BCUT2D eigenvalue weighted by Gasteiger charge is -2.38. The Kier molecular flexibility index (Phi) is 5.29. The van der Waals surface area contributed by atoms with Gasteiger partial charge >= 0.3 is 5.97 Å². The average Bonchev–Trinajstić information content (AvgIpc) is 3.40. The number of anilines is 1. The molecule has 7 heteroatoms. The van der Waals surface area contributed by atoms with E-state index in [0.29, 0.717) is 34.8 Å². The van der Waals surface area contributed by atoms with E-state index in [0.717, 1.165) is 48.1 Å². The molecule has 178 valence electrons.